The molecule has 0 bridgehead atoms. The third-order valence-electron chi connectivity index (χ3n) is 2.29. The highest BCUT2D eigenvalue weighted by atomic mass is 19.1. The van der Waals surface area contributed by atoms with Crippen LogP contribution in [-0.2, 0) is 6.42 Å². The lowest BCUT2D eigenvalue weighted by Gasteiger charge is -2.07. The molecule has 19 heavy (non-hydrogen) atoms. The molecule has 3 N–H and O–H groups in total. The number of carbonyl (C=O) groups is 1. The first kappa shape index (κ1) is 12.9. The van der Waals surface area contributed by atoms with E-state index in [0.717, 1.165) is 12.1 Å². The standard InChI is InChI=1S/C11H11F2N5O/c12-7-1-2-9(8(13)5-7)17-11(19)14-4-3-10-15-6-16-18-10/h1-2,5-6H,3-4H2,(H2,14,17,19)(H,15,16,18). The first-order valence-corrected chi connectivity index (χ1v) is 5.49. The van der Waals surface area contributed by atoms with Crippen molar-refractivity contribution in [3.63, 3.8) is 0 Å². The van der Waals surface area contributed by atoms with Gasteiger partial charge in [0, 0.05) is 19.0 Å². The molecule has 8 heteroatoms. The number of hydrogen-bond acceptors (Lipinski definition) is 3. The number of nitrogens with one attached hydrogen (secondary N) is 3. The molecule has 6 nitrogen and oxygen atoms in total. The lowest BCUT2D eigenvalue weighted by Crippen LogP contribution is -2.31. The summed E-state index contributed by atoms with van der Waals surface area (Å²) in [5.74, 6) is -0.896. The summed E-state index contributed by atoms with van der Waals surface area (Å²) < 4.78 is 25.9. The van der Waals surface area contributed by atoms with Gasteiger partial charge in [-0.2, -0.15) is 5.10 Å². The van der Waals surface area contributed by atoms with Crippen LogP contribution in [0.4, 0.5) is 19.3 Å². The van der Waals surface area contributed by atoms with Crippen molar-refractivity contribution in [2.75, 3.05) is 11.9 Å². The summed E-state index contributed by atoms with van der Waals surface area (Å²) in [5.41, 5.74) is -0.0847. The molecule has 0 aliphatic heterocycles. The Morgan fingerprint density at radius 2 is 2.21 bits per heavy atom. The number of rotatable bonds is 4. The van der Waals surface area contributed by atoms with Crippen molar-refractivity contribution in [2.45, 2.75) is 6.42 Å². The van der Waals surface area contributed by atoms with E-state index in [9.17, 15) is 13.6 Å². The summed E-state index contributed by atoms with van der Waals surface area (Å²) in [7, 11) is 0. The van der Waals surface area contributed by atoms with E-state index < -0.39 is 17.7 Å². The smallest absolute Gasteiger partial charge is 0.319 e. The van der Waals surface area contributed by atoms with Gasteiger partial charge in [-0.3, -0.25) is 5.10 Å². The number of urea groups is 1. The molecule has 0 atom stereocenters. The van der Waals surface area contributed by atoms with Crippen molar-refractivity contribution in [2.24, 2.45) is 0 Å². The average Bonchev–Trinajstić information content (AvgIpc) is 2.86. The van der Waals surface area contributed by atoms with Crippen LogP contribution in [0.15, 0.2) is 24.5 Å². The fraction of sp³-hybridized carbons (Fsp3) is 0.182. The summed E-state index contributed by atoms with van der Waals surface area (Å²) in [6, 6.07) is 2.34. The highest BCUT2D eigenvalue weighted by Crippen LogP contribution is 2.14. The monoisotopic (exact) mass is 267 g/mol. The highest BCUT2D eigenvalue weighted by molar-refractivity contribution is 5.89. The van der Waals surface area contributed by atoms with Gasteiger partial charge in [0.2, 0.25) is 0 Å². The molecule has 2 rings (SSSR count). The van der Waals surface area contributed by atoms with E-state index in [1.807, 2.05) is 0 Å². The molecule has 0 aliphatic carbocycles. The minimum atomic E-state index is -0.828. The van der Waals surface area contributed by atoms with Crippen LogP contribution in [0.3, 0.4) is 0 Å². The number of halogens is 2. The van der Waals surface area contributed by atoms with E-state index in [0.29, 0.717) is 24.9 Å². The van der Waals surface area contributed by atoms with Crippen LogP contribution < -0.4 is 10.6 Å². The van der Waals surface area contributed by atoms with Crippen LogP contribution in [0.5, 0.6) is 0 Å². The van der Waals surface area contributed by atoms with Crippen molar-refractivity contribution in [1.82, 2.24) is 20.5 Å². The van der Waals surface area contributed by atoms with Gasteiger partial charge < -0.3 is 10.6 Å². The Hall–Kier alpha value is -2.51. The summed E-state index contributed by atoms with van der Waals surface area (Å²) >= 11 is 0. The first-order valence-electron chi connectivity index (χ1n) is 5.49. The topological polar surface area (TPSA) is 82.7 Å². The van der Waals surface area contributed by atoms with Gasteiger partial charge in [0.1, 0.15) is 23.8 Å². The van der Waals surface area contributed by atoms with Crippen LogP contribution in [0.25, 0.3) is 0 Å². The number of aromatic amines is 1. The minimum Gasteiger partial charge on any atom is -0.337 e. The van der Waals surface area contributed by atoms with Gasteiger partial charge in [0.05, 0.1) is 5.69 Å². The molecule has 1 aromatic carbocycles. The Bertz CT molecular complexity index is 558. The molecular formula is C11H11F2N5O. The molecule has 2 aromatic rings. The fourth-order valence-corrected chi connectivity index (χ4v) is 1.40. The molecule has 0 aliphatic rings. The number of nitrogens with zero attached hydrogens (tertiary/aromatic N) is 2. The first-order chi connectivity index (χ1) is 9.15. The molecule has 2 amide bonds. The Balaban J connectivity index is 1.80. The van der Waals surface area contributed by atoms with Crippen molar-refractivity contribution >= 4 is 11.7 Å². The number of anilines is 1. The van der Waals surface area contributed by atoms with Crippen molar-refractivity contribution < 1.29 is 13.6 Å². The molecule has 100 valence electrons. The van der Waals surface area contributed by atoms with Crippen molar-refractivity contribution in [3.8, 4) is 0 Å². The lowest BCUT2D eigenvalue weighted by atomic mass is 10.3. The quantitative estimate of drug-likeness (QED) is 0.784. The second-order valence-corrected chi connectivity index (χ2v) is 3.69. The van der Waals surface area contributed by atoms with Crippen LogP contribution in [0.2, 0.25) is 0 Å². The summed E-state index contributed by atoms with van der Waals surface area (Å²) in [5, 5.41) is 11.1. The maximum absolute atomic E-state index is 13.3. The Morgan fingerprint density at radius 1 is 1.37 bits per heavy atom. The number of hydrogen-bond donors (Lipinski definition) is 3. The predicted octanol–water partition coefficient (Wildman–Crippen LogP) is 1.45. The Labute approximate surface area is 107 Å². The average molecular weight is 267 g/mol. The molecule has 1 heterocycles. The molecular weight excluding hydrogens is 256 g/mol. The van der Waals surface area contributed by atoms with Gasteiger partial charge in [-0.25, -0.2) is 18.6 Å². The normalized spacial score (nSPS) is 10.2. The molecule has 0 spiro atoms. The Morgan fingerprint density at radius 3 is 2.89 bits per heavy atom. The lowest BCUT2D eigenvalue weighted by molar-refractivity contribution is 0.252. The zero-order valence-corrected chi connectivity index (χ0v) is 9.78. The number of H-pyrrole nitrogens is 1. The number of benzene rings is 1. The van der Waals surface area contributed by atoms with E-state index in [-0.39, 0.29) is 5.69 Å². The van der Waals surface area contributed by atoms with Crippen LogP contribution in [0, 0.1) is 11.6 Å². The zero-order valence-electron chi connectivity index (χ0n) is 9.78. The second-order valence-electron chi connectivity index (χ2n) is 3.69. The van der Waals surface area contributed by atoms with Gasteiger partial charge >= 0.3 is 6.03 Å². The van der Waals surface area contributed by atoms with E-state index >= 15 is 0 Å². The van der Waals surface area contributed by atoms with Gasteiger partial charge in [-0.15, -0.1) is 0 Å². The van der Waals surface area contributed by atoms with Gasteiger partial charge in [-0.1, -0.05) is 0 Å². The minimum absolute atomic E-state index is 0.0847. The third kappa shape index (κ3) is 3.73. The van der Waals surface area contributed by atoms with Gasteiger partial charge in [-0.05, 0) is 12.1 Å². The molecule has 0 radical (unpaired) electrons. The van der Waals surface area contributed by atoms with Crippen molar-refractivity contribution in [1.29, 1.82) is 0 Å². The van der Waals surface area contributed by atoms with Crippen molar-refractivity contribution in [3.05, 3.63) is 42.0 Å². The van der Waals surface area contributed by atoms with Gasteiger partial charge in [0.25, 0.3) is 0 Å². The maximum Gasteiger partial charge on any atom is 0.319 e. The van der Waals surface area contributed by atoms with E-state index in [1.165, 1.54) is 6.33 Å². The number of carbonyl (C=O) groups excluding carboxylic acids is 1. The van der Waals surface area contributed by atoms with E-state index in [2.05, 4.69) is 25.8 Å². The fourth-order valence-electron chi connectivity index (χ4n) is 1.40. The molecule has 0 saturated heterocycles. The molecule has 0 saturated carbocycles. The number of aromatic nitrogens is 3. The van der Waals surface area contributed by atoms with Crippen LogP contribution in [-0.4, -0.2) is 27.8 Å². The maximum atomic E-state index is 13.3. The van der Waals surface area contributed by atoms with Gasteiger partial charge in [0.15, 0.2) is 0 Å². The summed E-state index contributed by atoms with van der Waals surface area (Å²) in [6.07, 6.45) is 1.84. The zero-order chi connectivity index (χ0) is 13.7. The molecule has 0 fully saturated rings. The number of amides is 2. The SMILES string of the molecule is O=C(NCCc1ncn[nH]1)Nc1ccc(F)cc1F. The molecule has 0 unspecified atom stereocenters. The summed E-state index contributed by atoms with van der Waals surface area (Å²) in [6.45, 7) is 0.309. The van der Waals surface area contributed by atoms with Crippen LogP contribution >= 0.6 is 0 Å². The highest BCUT2D eigenvalue weighted by Gasteiger charge is 2.07. The van der Waals surface area contributed by atoms with E-state index in [1.54, 1.807) is 0 Å². The third-order valence-corrected chi connectivity index (χ3v) is 2.29. The predicted molar refractivity (Wildman–Crippen MR) is 63.5 cm³/mol. The van der Waals surface area contributed by atoms with Crippen LogP contribution in [0.1, 0.15) is 5.82 Å². The molecule has 1 aromatic heterocycles. The second kappa shape index (κ2) is 5.89. The summed E-state index contributed by atoms with van der Waals surface area (Å²) in [4.78, 5) is 15.3. The Kier molecular flexibility index (Phi) is 4.01. The largest absolute Gasteiger partial charge is 0.337 e. The van der Waals surface area contributed by atoms with E-state index in [4.69, 9.17) is 0 Å².